The van der Waals surface area contributed by atoms with Crippen molar-refractivity contribution >= 4 is 5.91 Å². The fourth-order valence-electron chi connectivity index (χ4n) is 2.35. The molecule has 0 spiro atoms. The SMILES string of the molecule is CC(O)CN(C(=O)Cc1ccc(-n2cccn2)cc1)C(C)C. The summed E-state index contributed by atoms with van der Waals surface area (Å²) in [6.45, 7) is 5.98. The fraction of sp³-hybridized carbons (Fsp3) is 0.412. The molecule has 0 saturated heterocycles. The molecule has 0 bridgehead atoms. The van der Waals surface area contributed by atoms with Crippen LogP contribution in [0.3, 0.4) is 0 Å². The largest absolute Gasteiger partial charge is 0.392 e. The molecule has 2 rings (SSSR count). The standard InChI is InChI=1S/C17H23N3O2/c1-13(2)19(12-14(3)21)17(22)11-15-5-7-16(8-6-15)20-10-4-9-18-20/h4-10,13-14,21H,11-12H2,1-3H3. The summed E-state index contributed by atoms with van der Waals surface area (Å²) in [4.78, 5) is 14.1. The van der Waals surface area contributed by atoms with Gasteiger partial charge in [0.25, 0.3) is 0 Å². The molecule has 0 aliphatic carbocycles. The van der Waals surface area contributed by atoms with E-state index in [-0.39, 0.29) is 11.9 Å². The van der Waals surface area contributed by atoms with Crippen LogP contribution in [0.4, 0.5) is 0 Å². The van der Waals surface area contributed by atoms with E-state index in [9.17, 15) is 9.90 Å². The number of rotatable bonds is 6. The molecular formula is C17H23N3O2. The molecule has 1 unspecified atom stereocenters. The number of aromatic nitrogens is 2. The lowest BCUT2D eigenvalue weighted by atomic mass is 10.1. The highest BCUT2D eigenvalue weighted by Crippen LogP contribution is 2.11. The molecule has 5 nitrogen and oxygen atoms in total. The zero-order valence-electron chi connectivity index (χ0n) is 13.3. The number of benzene rings is 1. The van der Waals surface area contributed by atoms with Gasteiger partial charge in [0, 0.05) is 25.0 Å². The maximum absolute atomic E-state index is 12.4. The van der Waals surface area contributed by atoms with Crippen molar-refractivity contribution in [2.24, 2.45) is 0 Å². The van der Waals surface area contributed by atoms with Gasteiger partial charge >= 0.3 is 0 Å². The van der Waals surface area contributed by atoms with Crippen molar-refractivity contribution in [3.8, 4) is 5.69 Å². The van der Waals surface area contributed by atoms with E-state index in [2.05, 4.69) is 5.10 Å². The topological polar surface area (TPSA) is 58.4 Å². The molecular weight excluding hydrogens is 278 g/mol. The van der Waals surface area contributed by atoms with Crippen molar-refractivity contribution in [2.45, 2.75) is 39.3 Å². The summed E-state index contributed by atoms with van der Waals surface area (Å²) >= 11 is 0. The number of carbonyl (C=O) groups excluding carboxylic acids is 1. The molecule has 1 amide bonds. The van der Waals surface area contributed by atoms with Gasteiger partial charge in [-0.25, -0.2) is 4.68 Å². The van der Waals surface area contributed by atoms with Crippen LogP contribution in [0, 0.1) is 0 Å². The molecule has 1 heterocycles. The molecule has 0 aliphatic heterocycles. The van der Waals surface area contributed by atoms with E-state index in [1.54, 1.807) is 22.7 Å². The zero-order valence-corrected chi connectivity index (χ0v) is 13.3. The Morgan fingerprint density at radius 1 is 1.27 bits per heavy atom. The van der Waals surface area contributed by atoms with Gasteiger partial charge in [0.1, 0.15) is 0 Å². The predicted molar refractivity (Wildman–Crippen MR) is 85.8 cm³/mol. The minimum atomic E-state index is -0.520. The van der Waals surface area contributed by atoms with Crippen molar-refractivity contribution in [1.82, 2.24) is 14.7 Å². The van der Waals surface area contributed by atoms with Gasteiger partial charge in [-0.15, -0.1) is 0 Å². The lowest BCUT2D eigenvalue weighted by Gasteiger charge is -2.28. The molecule has 118 valence electrons. The van der Waals surface area contributed by atoms with Crippen LogP contribution in [-0.4, -0.2) is 44.4 Å². The predicted octanol–water partition coefficient (Wildman–Crippen LogP) is 2.03. The molecule has 1 aromatic heterocycles. The Bertz CT molecular complexity index is 589. The number of aliphatic hydroxyl groups excluding tert-OH is 1. The van der Waals surface area contributed by atoms with Crippen molar-refractivity contribution in [3.05, 3.63) is 48.3 Å². The van der Waals surface area contributed by atoms with Crippen molar-refractivity contribution in [3.63, 3.8) is 0 Å². The van der Waals surface area contributed by atoms with Crippen LogP contribution in [0.2, 0.25) is 0 Å². The summed E-state index contributed by atoms with van der Waals surface area (Å²) in [6.07, 6.45) is 3.43. The third kappa shape index (κ3) is 4.18. The Balaban J connectivity index is 2.04. The Kier molecular flexibility index (Phi) is 5.33. The van der Waals surface area contributed by atoms with Crippen LogP contribution < -0.4 is 0 Å². The average molecular weight is 301 g/mol. The summed E-state index contributed by atoms with van der Waals surface area (Å²) < 4.78 is 1.78. The van der Waals surface area contributed by atoms with Gasteiger partial charge in [-0.3, -0.25) is 4.79 Å². The molecule has 0 saturated carbocycles. The lowest BCUT2D eigenvalue weighted by Crippen LogP contribution is -2.42. The van der Waals surface area contributed by atoms with E-state index in [1.807, 2.05) is 50.4 Å². The normalized spacial score (nSPS) is 12.4. The van der Waals surface area contributed by atoms with Crippen molar-refractivity contribution in [2.75, 3.05) is 6.54 Å². The second-order valence-electron chi connectivity index (χ2n) is 5.78. The van der Waals surface area contributed by atoms with Crippen LogP contribution in [0.25, 0.3) is 5.69 Å². The van der Waals surface area contributed by atoms with Gasteiger partial charge in [-0.2, -0.15) is 5.10 Å². The Labute approximate surface area is 131 Å². The number of hydrogen-bond donors (Lipinski definition) is 1. The first-order chi connectivity index (χ1) is 10.5. The van der Waals surface area contributed by atoms with Crippen LogP contribution in [0.15, 0.2) is 42.7 Å². The number of amides is 1. The van der Waals surface area contributed by atoms with Crippen molar-refractivity contribution < 1.29 is 9.90 Å². The third-order valence-electron chi connectivity index (χ3n) is 3.47. The van der Waals surface area contributed by atoms with Gasteiger partial charge in [0.15, 0.2) is 0 Å². The second-order valence-corrected chi connectivity index (χ2v) is 5.78. The molecule has 1 atom stereocenters. The Hall–Kier alpha value is -2.14. The smallest absolute Gasteiger partial charge is 0.227 e. The van der Waals surface area contributed by atoms with E-state index in [1.165, 1.54) is 0 Å². The molecule has 0 radical (unpaired) electrons. The van der Waals surface area contributed by atoms with Gasteiger partial charge < -0.3 is 10.0 Å². The lowest BCUT2D eigenvalue weighted by molar-refractivity contribution is -0.133. The molecule has 2 aromatic rings. The van der Waals surface area contributed by atoms with Crippen LogP contribution in [0.1, 0.15) is 26.3 Å². The van der Waals surface area contributed by atoms with Crippen LogP contribution in [-0.2, 0) is 11.2 Å². The minimum Gasteiger partial charge on any atom is -0.392 e. The highest BCUT2D eigenvalue weighted by atomic mass is 16.3. The number of carbonyl (C=O) groups is 1. The number of nitrogens with zero attached hydrogens (tertiary/aromatic N) is 3. The maximum Gasteiger partial charge on any atom is 0.227 e. The van der Waals surface area contributed by atoms with E-state index in [0.717, 1.165) is 11.3 Å². The van der Waals surface area contributed by atoms with Gasteiger partial charge in [0.2, 0.25) is 5.91 Å². The molecule has 1 N–H and O–H groups in total. The molecule has 5 heteroatoms. The van der Waals surface area contributed by atoms with Crippen LogP contribution in [0.5, 0.6) is 0 Å². The first-order valence-corrected chi connectivity index (χ1v) is 7.54. The fourth-order valence-corrected chi connectivity index (χ4v) is 2.35. The average Bonchev–Trinajstić information content (AvgIpc) is 2.99. The summed E-state index contributed by atoms with van der Waals surface area (Å²) in [6, 6.07) is 9.72. The van der Waals surface area contributed by atoms with E-state index in [0.29, 0.717) is 13.0 Å². The van der Waals surface area contributed by atoms with Gasteiger partial charge in [0.05, 0.1) is 18.2 Å². The second kappa shape index (κ2) is 7.22. The minimum absolute atomic E-state index is 0.0303. The van der Waals surface area contributed by atoms with Crippen LogP contribution >= 0.6 is 0 Å². The molecule has 0 fully saturated rings. The molecule has 22 heavy (non-hydrogen) atoms. The van der Waals surface area contributed by atoms with E-state index in [4.69, 9.17) is 0 Å². The van der Waals surface area contributed by atoms with Gasteiger partial charge in [-0.1, -0.05) is 12.1 Å². The summed E-state index contributed by atoms with van der Waals surface area (Å²) in [5.74, 6) is 0.0303. The number of aliphatic hydroxyl groups is 1. The third-order valence-corrected chi connectivity index (χ3v) is 3.47. The first kappa shape index (κ1) is 16.2. The Morgan fingerprint density at radius 3 is 2.45 bits per heavy atom. The van der Waals surface area contributed by atoms with E-state index < -0.39 is 6.10 Å². The number of hydrogen-bond acceptors (Lipinski definition) is 3. The summed E-state index contributed by atoms with van der Waals surface area (Å²) in [5.41, 5.74) is 1.92. The summed E-state index contributed by atoms with van der Waals surface area (Å²) in [5, 5.41) is 13.7. The monoisotopic (exact) mass is 301 g/mol. The molecule has 1 aromatic carbocycles. The first-order valence-electron chi connectivity index (χ1n) is 7.54. The van der Waals surface area contributed by atoms with Crippen molar-refractivity contribution in [1.29, 1.82) is 0 Å². The maximum atomic E-state index is 12.4. The quantitative estimate of drug-likeness (QED) is 0.888. The zero-order chi connectivity index (χ0) is 16.1. The Morgan fingerprint density at radius 2 is 1.95 bits per heavy atom. The van der Waals surface area contributed by atoms with E-state index >= 15 is 0 Å². The molecule has 0 aliphatic rings. The van der Waals surface area contributed by atoms with Gasteiger partial charge in [-0.05, 0) is 44.5 Å². The highest BCUT2D eigenvalue weighted by Gasteiger charge is 2.18. The highest BCUT2D eigenvalue weighted by molar-refractivity contribution is 5.79. The summed E-state index contributed by atoms with van der Waals surface area (Å²) in [7, 11) is 0.